The standard InChI is InChI=1S/C10H6BrCl2NO/c1-15-7-3-2-5(12)10-8(7)9(11)6(13)4-14-10/h2-4H,1H3. The first-order valence-electron chi connectivity index (χ1n) is 4.11. The summed E-state index contributed by atoms with van der Waals surface area (Å²) in [5.41, 5.74) is 0.673. The summed E-state index contributed by atoms with van der Waals surface area (Å²) in [5.74, 6) is 0.691. The minimum absolute atomic E-state index is 0.531. The van der Waals surface area contributed by atoms with Crippen molar-refractivity contribution < 1.29 is 4.74 Å². The first-order valence-corrected chi connectivity index (χ1v) is 5.66. The summed E-state index contributed by atoms with van der Waals surface area (Å²) < 4.78 is 5.98. The van der Waals surface area contributed by atoms with E-state index < -0.39 is 0 Å². The van der Waals surface area contributed by atoms with Crippen LogP contribution in [0.25, 0.3) is 10.9 Å². The second-order valence-electron chi connectivity index (χ2n) is 2.89. The number of hydrogen-bond acceptors (Lipinski definition) is 2. The Hall–Kier alpha value is -0.510. The molecule has 0 aliphatic rings. The lowest BCUT2D eigenvalue weighted by atomic mass is 10.2. The van der Waals surface area contributed by atoms with Crippen LogP contribution in [0.15, 0.2) is 22.8 Å². The van der Waals surface area contributed by atoms with Gasteiger partial charge in [-0.25, -0.2) is 0 Å². The van der Waals surface area contributed by atoms with Crippen LogP contribution in [0.1, 0.15) is 0 Å². The van der Waals surface area contributed by atoms with Crippen LogP contribution in [0, 0.1) is 0 Å². The predicted molar refractivity (Wildman–Crippen MR) is 66.0 cm³/mol. The maximum Gasteiger partial charge on any atom is 0.129 e. The predicted octanol–water partition coefficient (Wildman–Crippen LogP) is 4.31. The van der Waals surface area contributed by atoms with Crippen molar-refractivity contribution >= 4 is 50.0 Å². The molecule has 2 rings (SSSR count). The van der Waals surface area contributed by atoms with Crippen molar-refractivity contribution in [2.75, 3.05) is 7.11 Å². The molecule has 0 amide bonds. The van der Waals surface area contributed by atoms with Gasteiger partial charge in [0.2, 0.25) is 0 Å². The molecule has 0 unspecified atom stereocenters. The van der Waals surface area contributed by atoms with Crippen molar-refractivity contribution in [3.05, 3.63) is 32.8 Å². The van der Waals surface area contributed by atoms with Gasteiger partial charge in [-0.3, -0.25) is 4.98 Å². The lowest BCUT2D eigenvalue weighted by Gasteiger charge is -2.08. The molecule has 0 bridgehead atoms. The zero-order valence-corrected chi connectivity index (χ0v) is 10.8. The van der Waals surface area contributed by atoms with Crippen LogP contribution in [-0.2, 0) is 0 Å². The quantitative estimate of drug-likeness (QED) is 0.783. The number of methoxy groups -OCH3 is 1. The molecular formula is C10H6BrCl2NO. The molecule has 0 saturated carbocycles. The van der Waals surface area contributed by atoms with Crippen molar-refractivity contribution in [1.29, 1.82) is 0 Å². The Morgan fingerprint density at radius 1 is 1.27 bits per heavy atom. The van der Waals surface area contributed by atoms with Gasteiger partial charge in [0.25, 0.3) is 0 Å². The van der Waals surface area contributed by atoms with E-state index in [0.29, 0.717) is 21.3 Å². The molecule has 0 saturated heterocycles. The second kappa shape index (κ2) is 4.16. The molecule has 5 heteroatoms. The fraction of sp³-hybridized carbons (Fsp3) is 0.100. The molecule has 0 aliphatic carbocycles. The van der Waals surface area contributed by atoms with Crippen LogP contribution in [0.4, 0.5) is 0 Å². The molecule has 0 aliphatic heterocycles. The average Bonchev–Trinajstić information content (AvgIpc) is 2.24. The van der Waals surface area contributed by atoms with E-state index in [2.05, 4.69) is 20.9 Å². The van der Waals surface area contributed by atoms with Gasteiger partial charge >= 0.3 is 0 Å². The van der Waals surface area contributed by atoms with Crippen LogP contribution in [0.2, 0.25) is 10.0 Å². The van der Waals surface area contributed by atoms with E-state index >= 15 is 0 Å². The summed E-state index contributed by atoms with van der Waals surface area (Å²) in [7, 11) is 1.59. The zero-order chi connectivity index (χ0) is 11.0. The molecule has 0 atom stereocenters. The lowest BCUT2D eigenvalue weighted by Crippen LogP contribution is -1.89. The van der Waals surface area contributed by atoms with Gasteiger partial charge in [0.15, 0.2) is 0 Å². The second-order valence-corrected chi connectivity index (χ2v) is 4.50. The Morgan fingerprint density at radius 2 is 2.00 bits per heavy atom. The number of ether oxygens (including phenoxy) is 1. The van der Waals surface area contributed by atoms with Gasteiger partial charge in [-0.15, -0.1) is 0 Å². The molecule has 1 aromatic heterocycles. The highest BCUT2D eigenvalue weighted by atomic mass is 79.9. The third kappa shape index (κ3) is 1.80. The van der Waals surface area contributed by atoms with Gasteiger partial charge in [-0.1, -0.05) is 23.2 Å². The fourth-order valence-corrected chi connectivity index (χ4v) is 2.19. The van der Waals surface area contributed by atoms with Crippen LogP contribution in [0.3, 0.4) is 0 Å². The summed E-state index contributed by atoms with van der Waals surface area (Å²) in [6, 6.07) is 3.53. The molecule has 0 spiro atoms. The van der Waals surface area contributed by atoms with E-state index in [-0.39, 0.29) is 0 Å². The number of hydrogen-bond donors (Lipinski definition) is 0. The first-order chi connectivity index (χ1) is 7.15. The number of pyridine rings is 1. The highest BCUT2D eigenvalue weighted by Gasteiger charge is 2.12. The molecule has 2 nitrogen and oxygen atoms in total. The Bertz CT molecular complexity index is 530. The van der Waals surface area contributed by atoms with Crippen molar-refractivity contribution in [3.8, 4) is 5.75 Å². The third-order valence-electron chi connectivity index (χ3n) is 2.05. The van der Waals surface area contributed by atoms with E-state index in [0.717, 1.165) is 9.86 Å². The fourth-order valence-electron chi connectivity index (χ4n) is 1.35. The van der Waals surface area contributed by atoms with Gasteiger partial charge in [0, 0.05) is 6.20 Å². The molecule has 1 heterocycles. The first kappa shape index (κ1) is 11.0. The maximum atomic E-state index is 6.03. The molecule has 0 N–H and O–H groups in total. The van der Waals surface area contributed by atoms with Crippen molar-refractivity contribution in [2.24, 2.45) is 0 Å². The molecule has 0 radical (unpaired) electrons. The Morgan fingerprint density at radius 3 is 2.67 bits per heavy atom. The summed E-state index contributed by atoms with van der Waals surface area (Å²) in [6.45, 7) is 0. The van der Waals surface area contributed by atoms with Crippen molar-refractivity contribution in [2.45, 2.75) is 0 Å². The maximum absolute atomic E-state index is 6.03. The Balaban J connectivity index is 2.95. The molecule has 15 heavy (non-hydrogen) atoms. The highest BCUT2D eigenvalue weighted by Crippen LogP contribution is 2.38. The SMILES string of the molecule is COc1ccc(Cl)c2ncc(Cl)c(Br)c12. The van der Waals surface area contributed by atoms with E-state index in [4.69, 9.17) is 27.9 Å². The van der Waals surface area contributed by atoms with E-state index in [1.165, 1.54) is 0 Å². The number of halogens is 3. The van der Waals surface area contributed by atoms with Gasteiger partial charge in [-0.05, 0) is 28.1 Å². The van der Waals surface area contributed by atoms with Crippen LogP contribution < -0.4 is 4.74 Å². The minimum atomic E-state index is 0.531. The summed E-state index contributed by atoms with van der Waals surface area (Å²) in [5, 5.41) is 1.89. The normalized spacial score (nSPS) is 10.7. The smallest absolute Gasteiger partial charge is 0.129 e. The van der Waals surface area contributed by atoms with E-state index in [1.807, 2.05) is 0 Å². The number of aromatic nitrogens is 1. The summed E-state index contributed by atoms with van der Waals surface area (Å²) in [6.07, 6.45) is 1.55. The largest absolute Gasteiger partial charge is 0.496 e. The van der Waals surface area contributed by atoms with E-state index in [1.54, 1.807) is 25.4 Å². The lowest BCUT2D eigenvalue weighted by molar-refractivity contribution is 0.419. The molecule has 78 valence electrons. The topological polar surface area (TPSA) is 22.1 Å². The molecular weight excluding hydrogens is 301 g/mol. The number of fused-ring (bicyclic) bond motifs is 1. The van der Waals surface area contributed by atoms with Gasteiger partial charge in [0.05, 0.1) is 32.5 Å². The van der Waals surface area contributed by atoms with E-state index in [9.17, 15) is 0 Å². The highest BCUT2D eigenvalue weighted by molar-refractivity contribution is 9.10. The third-order valence-corrected chi connectivity index (χ3v) is 3.69. The van der Waals surface area contributed by atoms with Gasteiger partial charge in [0.1, 0.15) is 5.75 Å². The van der Waals surface area contributed by atoms with Crippen LogP contribution >= 0.6 is 39.1 Å². The Labute approximate surface area is 105 Å². The minimum Gasteiger partial charge on any atom is -0.496 e. The Kier molecular flexibility index (Phi) is 3.05. The van der Waals surface area contributed by atoms with Crippen molar-refractivity contribution in [1.82, 2.24) is 4.98 Å². The number of rotatable bonds is 1. The molecule has 2 aromatic rings. The number of nitrogens with zero attached hydrogens (tertiary/aromatic N) is 1. The summed E-state index contributed by atoms with van der Waals surface area (Å²) in [4.78, 5) is 4.18. The average molecular weight is 307 g/mol. The molecule has 1 aromatic carbocycles. The monoisotopic (exact) mass is 305 g/mol. The molecule has 0 fully saturated rings. The van der Waals surface area contributed by atoms with Crippen LogP contribution in [0.5, 0.6) is 5.75 Å². The van der Waals surface area contributed by atoms with Gasteiger partial charge in [-0.2, -0.15) is 0 Å². The van der Waals surface area contributed by atoms with Gasteiger partial charge < -0.3 is 4.74 Å². The van der Waals surface area contributed by atoms with Crippen LogP contribution in [-0.4, -0.2) is 12.1 Å². The number of benzene rings is 1. The summed E-state index contributed by atoms with van der Waals surface area (Å²) >= 11 is 15.4. The zero-order valence-electron chi connectivity index (χ0n) is 7.72. The van der Waals surface area contributed by atoms with Crippen molar-refractivity contribution in [3.63, 3.8) is 0 Å².